The smallest absolute Gasteiger partial charge is 0.245 e. The molecule has 6 heteroatoms. The Balaban J connectivity index is 1.66. The number of hydrogen-bond acceptors (Lipinski definition) is 4. The predicted molar refractivity (Wildman–Crippen MR) is 75.5 cm³/mol. The van der Waals surface area contributed by atoms with E-state index in [0.29, 0.717) is 19.6 Å². The van der Waals surface area contributed by atoms with Gasteiger partial charge >= 0.3 is 0 Å². The fraction of sp³-hybridized carbons (Fsp3) is 0.867. The molecule has 1 aliphatic carbocycles. The molecule has 3 atom stereocenters. The summed E-state index contributed by atoms with van der Waals surface area (Å²) < 4.78 is 5.58. The lowest BCUT2D eigenvalue weighted by Gasteiger charge is -2.38. The molecule has 0 aromatic rings. The van der Waals surface area contributed by atoms with E-state index in [1.807, 2.05) is 6.92 Å². The molecule has 0 aromatic carbocycles. The highest BCUT2D eigenvalue weighted by molar-refractivity contribution is 5.90. The Labute approximate surface area is 125 Å². The molecule has 21 heavy (non-hydrogen) atoms. The second-order valence-electron chi connectivity index (χ2n) is 6.46. The lowest BCUT2D eigenvalue weighted by molar-refractivity contribution is -0.155. The molecule has 0 spiro atoms. The van der Waals surface area contributed by atoms with E-state index >= 15 is 0 Å². The van der Waals surface area contributed by atoms with Gasteiger partial charge in [-0.15, -0.1) is 0 Å². The van der Waals surface area contributed by atoms with Gasteiger partial charge in [-0.1, -0.05) is 0 Å². The minimum Gasteiger partial charge on any atom is -0.394 e. The highest BCUT2D eigenvalue weighted by atomic mass is 16.5. The maximum absolute atomic E-state index is 12.8. The average molecular weight is 296 g/mol. The number of rotatable bonds is 3. The van der Waals surface area contributed by atoms with Crippen LogP contribution in [0.25, 0.3) is 0 Å². The zero-order chi connectivity index (χ0) is 15.0. The van der Waals surface area contributed by atoms with Gasteiger partial charge < -0.3 is 19.6 Å². The van der Waals surface area contributed by atoms with Gasteiger partial charge in [-0.2, -0.15) is 0 Å². The maximum Gasteiger partial charge on any atom is 0.245 e. The van der Waals surface area contributed by atoms with E-state index < -0.39 is 0 Å². The molecule has 2 heterocycles. The molecule has 3 rings (SSSR count). The standard InChI is InChI=1S/C15H24N2O4/c1-10-7-16(8-12(9-18)21-10)15(20)13-3-2-6-17(13)14(19)11-4-5-11/h10-13,18H,2-9H2,1H3. The third-order valence-electron chi connectivity index (χ3n) is 4.59. The maximum atomic E-state index is 12.8. The van der Waals surface area contributed by atoms with Crippen LogP contribution < -0.4 is 0 Å². The second kappa shape index (κ2) is 5.93. The summed E-state index contributed by atoms with van der Waals surface area (Å²) in [5.74, 6) is 0.341. The van der Waals surface area contributed by atoms with Crippen LogP contribution in [-0.4, -0.2) is 71.2 Å². The summed E-state index contributed by atoms with van der Waals surface area (Å²) in [5.41, 5.74) is 0. The predicted octanol–water partition coefficient (Wildman–Crippen LogP) is -0.00440. The monoisotopic (exact) mass is 296 g/mol. The first-order valence-corrected chi connectivity index (χ1v) is 7.95. The van der Waals surface area contributed by atoms with Crippen LogP contribution in [0.2, 0.25) is 0 Å². The van der Waals surface area contributed by atoms with Crippen molar-refractivity contribution < 1.29 is 19.4 Å². The first-order valence-electron chi connectivity index (χ1n) is 7.95. The lowest BCUT2D eigenvalue weighted by Crippen LogP contribution is -2.55. The fourth-order valence-electron chi connectivity index (χ4n) is 3.39. The van der Waals surface area contributed by atoms with Gasteiger partial charge in [-0.3, -0.25) is 9.59 Å². The first kappa shape index (κ1) is 14.8. The molecular formula is C15H24N2O4. The number of aliphatic hydroxyl groups is 1. The van der Waals surface area contributed by atoms with E-state index in [1.54, 1.807) is 9.80 Å². The van der Waals surface area contributed by atoms with Crippen LogP contribution in [0.15, 0.2) is 0 Å². The largest absolute Gasteiger partial charge is 0.394 e. The normalized spacial score (nSPS) is 33.3. The van der Waals surface area contributed by atoms with Gasteiger partial charge in [0.05, 0.1) is 18.8 Å². The van der Waals surface area contributed by atoms with Crippen molar-refractivity contribution in [2.24, 2.45) is 5.92 Å². The van der Waals surface area contributed by atoms with Gasteiger partial charge in [0, 0.05) is 25.6 Å². The number of carbonyl (C=O) groups excluding carboxylic acids is 2. The fourth-order valence-corrected chi connectivity index (χ4v) is 3.39. The van der Waals surface area contributed by atoms with Gasteiger partial charge in [-0.05, 0) is 32.6 Å². The molecule has 0 radical (unpaired) electrons. The van der Waals surface area contributed by atoms with Crippen molar-refractivity contribution in [1.82, 2.24) is 9.80 Å². The molecule has 3 fully saturated rings. The lowest BCUT2D eigenvalue weighted by atomic mass is 10.1. The molecule has 2 aliphatic heterocycles. The summed E-state index contributed by atoms with van der Waals surface area (Å²) in [7, 11) is 0. The van der Waals surface area contributed by atoms with E-state index in [4.69, 9.17) is 4.74 Å². The number of hydrogen-bond donors (Lipinski definition) is 1. The molecule has 2 amide bonds. The van der Waals surface area contributed by atoms with E-state index in [2.05, 4.69) is 0 Å². The van der Waals surface area contributed by atoms with Crippen LogP contribution in [0.5, 0.6) is 0 Å². The number of amides is 2. The molecular weight excluding hydrogens is 272 g/mol. The van der Waals surface area contributed by atoms with Crippen LogP contribution in [0, 0.1) is 5.92 Å². The molecule has 118 valence electrons. The molecule has 6 nitrogen and oxygen atoms in total. The van der Waals surface area contributed by atoms with Crippen LogP contribution in [0.1, 0.15) is 32.6 Å². The van der Waals surface area contributed by atoms with Gasteiger partial charge in [0.15, 0.2) is 0 Å². The Hall–Kier alpha value is -1.14. The van der Waals surface area contributed by atoms with E-state index in [-0.39, 0.29) is 42.6 Å². The summed E-state index contributed by atoms with van der Waals surface area (Å²) in [4.78, 5) is 28.6. The van der Waals surface area contributed by atoms with Crippen molar-refractivity contribution in [1.29, 1.82) is 0 Å². The molecule has 1 N–H and O–H groups in total. The Kier molecular flexibility index (Phi) is 4.17. The van der Waals surface area contributed by atoms with Crippen molar-refractivity contribution in [2.75, 3.05) is 26.2 Å². The van der Waals surface area contributed by atoms with Crippen LogP contribution in [-0.2, 0) is 14.3 Å². The third kappa shape index (κ3) is 3.06. The van der Waals surface area contributed by atoms with E-state index in [1.165, 1.54) is 0 Å². The van der Waals surface area contributed by atoms with Crippen molar-refractivity contribution in [3.8, 4) is 0 Å². The average Bonchev–Trinajstić information content (AvgIpc) is 3.22. The zero-order valence-corrected chi connectivity index (χ0v) is 12.5. The summed E-state index contributed by atoms with van der Waals surface area (Å²) in [6.07, 6.45) is 3.21. The molecule has 0 bridgehead atoms. The van der Waals surface area contributed by atoms with E-state index in [9.17, 15) is 14.7 Å². The van der Waals surface area contributed by atoms with Gasteiger partial charge in [0.2, 0.25) is 11.8 Å². The number of morpholine rings is 1. The van der Waals surface area contributed by atoms with Crippen molar-refractivity contribution in [3.63, 3.8) is 0 Å². The van der Waals surface area contributed by atoms with Gasteiger partial charge in [0.25, 0.3) is 0 Å². The summed E-state index contributed by atoms with van der Waals surface area (Å²) in [6, 6.07) is -0.303. The summed E-state index contributed by atoms with van der Waals surface area (Å²) in [5, 5.41) is 9.27. The second-order valence-corrected chi connectivity index (χ2v) is 6.46. The summed E-state index contributed by atoms with van der Waals surface area (Å²) >= 11 is 0. The topological polar surface area (TPSA) is 70.1 Å². The Morgan fingerprint density at radius 1 is 1.19 bits per heavy atom. The van der Waals surface area contributed by atoms with Crippen molar-refractivity contribution in [3.05, 3.63) is 0 Å². The zero-order valence-electron chi connectivity index (χ0n) is 12.5. The SMILES string of the molecule is CC1CN(C(=O)C2CCCN2C(=O)C2CC2)CC(CO)O1. The minimum absolute atomic E-state index is 0.0232. The molecule has 2 saturated heterocycles. The number of likely N-dealkylation sites (tertiary alicyclic amines) is 1. The van der Waals surface area contributed by atoms with Crippen molar-refractivity contribution >= 4 is 11.8 Å². The quantitative estimate of drug-likeness (QED) is 0.795. The van der Waals surface area contributed by atoms with Crippen molar-refractivity contribution in [2.45, 2.75) is 50.9 Å². The first-order chi connectivity index (χ1) is 10.1. The highest BCUT2D eigenvalue weighted by Crippen LogP contribution is 2.34. The van der Waals surface area contributed by atoms with Crippen LogP contribution in [0.4, 0.5) is 0 Å². The third-order valence-corrected chi connectivity index (χ3v) is 4.59. The van der Waals surface area contributed by atoms with Crippen LogP contribution in [0.3, 0.4) is 0 Å². The number of nitrogens with zero attached hydrogens (tertiary/aromatic N) is 2. The molecule has 3 unspecified atom stereocenters. The number of carbonyl (C=O) groups is 2. The minimum atomic E-state index is -0.313. The van der Waals surface area contributed by atoms with Gasteiger partial charge in [0.1, 0.15) is 6.04 Å². The summed E-state index contributed by atoms with van der Waals surface area (Å²) in [6.45, 7) is 3.49. The molecule has 0 aromatic heterocycles. The Morgan fingerprint density at radius 3 is 2.62 bits per heavy atom. The van der Waals surface area contributed by atoms with Gasteiger partial charge in [-0.25, -0.2) is 0 Å². The Morgan fingerprint density at radius 2 is 1.95 bits per heavy atom. The molecule has 3 aliphatic rings. The molecule has 1 saturated carbocycles. The Bertz CT molecular complexity index is 424. The van der Waals surface area contributed by atoms with Crippen LogP contribution >= 0.6 is 0 Å². The highest BCUT2D eigenvalue weighted by Gasteiger charge is 2.43. The number of aliphatic hydroxyl groups excluding tert-OH is 1. The number of ether oxygens (including phenoxy) is 1. The van der Waals surface area contributed by atoms with E-state index in [0.717, 1.165) is 25.7 Å².